The summed E-state index contributed by atoms with van der Waals surface area (Å²) < 4.78 is 5.08. The number of hydrogen-bond donors (Lipinski definition) is 1. The zero-order valence-corrected chi connectivity index (χ0v) is 10.4. The summed E-state index contributed by atoms with van der Waals surface area (Å²) in [6.45, 7) is 5.62. The molecule has 0 aromatic heterocycles. The van der Waals surface area contributed by atoms with Gasteiger partial charge in [-0.2, -0.15) is 0 Å². The van der Waals surface area contributed by atoms with Crippen LogP contribution in [0.3, 0.4) is 0 Å². The zero-order valence-electron chi connectivity index (χ0n) is 9.55. The Hall–Kier alpha value is 0.310. The van der Waals surface area contributed by atoms with E-state index in [4.69, 9.17) is 4.74 Å². The fraction of sp³-hybridized carbons (Fsp3) is 1.00. The predicted molar refractivity (Wildman–Crippen MR) is 63.3 cm³/mol. The molecule has 78 valence electrons. The first-order chi connectivity index (χ1) is 5.28. The molecule has 0 saturated carbocycles. The summed E-state index contributed by atoms with van der Waals surface area (Å²) in [5.41, 5.74) is 0. The van der Waals surface area contributed by atoms with Gasteiger partial charge in [-0.3, -0.25) is 9.16 Å². The van der Waals surface area contributed by atoms with Crippen molar-refractivity contribution in [3.63, 3.8) is 0 Å². The molecule has 0 unspecified atom stereocenters. The van der Waals surface area contributed by atoms with Crippen LogP contribution in [0, 0.1) is 0 Å². The molecule has 0 saturated heterocycles. The second-order valence-corrected chi connectivity index (χ2v) is 13.4. The first-order valence-electron chi connectivity index (χ1n) is 4.77. The average molecular weight is 194 g/mol. The van der Waals surface area contributed by atoms with Crippen molar-refractivity contribution in [1.29, 1.82) is 0 Å². The molecule has 0 bridgehead atoms. The first-order valence-corrected chi connectivity index (χ1v) is 8.60. The summed E-state index contributed by atoms with van der Waals surface area (Å²) in [4.78, 5) is 0. The van der Waals surface area contributed by atoms with Crippen LogP contribution in [0.15, 0.2) is 0 Å². The molecule has 0 rings (SSSR count). The van der Waals surface area contributed by atoms with Crippen LogP contribution in [0.25, 0.3) is 0 Å². The second-order valence-electron chi connectivity index (χ2n) is 5.41. The van der Waals surface area contributed by atoms with Gasteiger partial charge in [0.05, 0.1) is 0 Å². The van der Waals surface area contributed by atoms with Crippen LogP contribution in [0.5, 0.6) is 0 Å². The van der Waals surface area contributed by atoms with E-state index in [0.717, 1.165) is 11.9 Å². The summed E-state index contributed by atoms with van der Waals surface area (Å²) >= 11 is 0. The summed E-state index contributed by atoms with van der Waals surface area (Å²) in [7, 11) is 0.423. The molecule has 0 fully saturated rings. The molecule has 0 heterocycles. The van der Waals surface area contributed by atoms with E-state index < -0.39 is 9.16 Å². The smallest absolute Gasteiger partial charge is 0.0469 e. The second kappa shape index (κ2) is 4.01. The van der Waals surface area contributed by atoms with E-state index in [1.165, 1.54) is 12.2 Å². The van der Waals surface area contributed by atoms with Gasteiger partial charge in [-0.1, -0.05) is 13.8 Å². The quantitative estimate of drug-likeness (QED) is 0.522. The van der Waals surface area contributed by atoms with Crippen molar-refractivity contribution >= 4 is 9.16 Å². The Kier molecular flexibility index (Phi) is 4.12. The lowest BCUT2D eigenvalue weighted by Crippen LogP contribution is -2.27. The molecule has 2 heteroatoms. The zero-order chi connectivity index (χ0) is 9.85. The molecule has 0 aromatic carbocycles. The van der Waals surface area contributed by atoms with Gasteiger partial charge in [0.25, 0.3) is 0 Å². The van der Waals surface area contributed by atoms with Gasteiger partial charge in [0, 0.05) is 13.7 Å². The standard InChI is InChI=1S/C10H26OS/c1-10(2)12(4,5,6)9-7-8-11-3/h10,12H,7-9H2,1-6H3. The Balaban J connectivity index is 4.00. The Bertz CT molecular complexity index is 133. The molecule has 0 aliphatic carbocycles. The molecular formula is C10H26OS. The van der Waals surface area contributed by atoms with Crippen LogP contribution in [0.2, 0.25) is 0 Å². The molecule has 0 aliphatic rings. The van der Waals surface area contributed by atoms with Crippen LogP contribution in [0.4, 0.5) is 0 Å². The molecule has 1 nitrogen and oxygen atoms in total. The Morgan fingerprint density at radius 1 is 1.17 bits per heavy atom. The lowest BCUT2D eigenvalue weighted by molar-refractivity contribution is 0.200. The predicted octanol–water partition coefficient (Wildman–Crippen LogP) is 2.39. The molecule has 0 amide bonds. The minimum atomic E-state index is -1.36. The van der Waals surface area contributed by atoms with Crippen molar-refractivity contribution < 1.29 is 4.74 Å². The molecule has 0 radical (unpaired) electrons. The van der Waals surface area contributed by atoms with E-state index in [-0.39, 0.29) is 0 Å². The van der Waals surface area contributed by atoms with Crippen molar-refractivity contribution in [2.45, 2.75) is 25.5 Å². The van der Waals surface area contributed by atoms with Gasteiger partial charge >= 0.3 is 0 Å². The Labute approximate surface area is 78.2 Å². The highest BCUT2D eigenvalue weighted by Crippen LogP contribution is 2.63. The molecule has 0 atom stereocenters. The Morgan fingerprint density at radius 2 is 1.67 bits per heavy atom. The van der Waals surface area contributed by atoms with Gasteiger partial charge in [0.1, 0.15) is 0 Å². The SMILES string of the molecule is COCCC[SH](C)(C)(C)C(C)C. The molecule has 0 aromatic rings. The normalized spacial score (nSPS) is 16.1. The molecule has 0 N–H and O–H groups in total. The van der Waals surface area contributed by atoms with Gasteiger partial charge in [0.2, 0.25) is 0 Å². The number of hydrogen-bond acceptors (Lipinski definition) is 1. The maximum absolute atomic E-state index is 5.08. The van der Waals surface area contributed by atoms with E-state index in [9.17, 15) is 0 Å². The van der Waals surface area contributed by atoms with Crippen LogP contribution < -0.4 is 0 Å². The molecule has 12 heavy (non-hydrogen) atoms. The first kappa shape index (κ1) is 12.3. The van der Waals surface area contributed by atoms with Crippen molar-refractivity contribution in [3.8, 4) is 0 Å². The summed E-state index contributed by atoms with van der Waals surface area (Å²) in [5, 5.41) is 0.841. The third kappa shape index (κ3) is 3.81. The van der Waals surface area contributed by atoms with Crippen LogP contribution >= 0.6 is 9.16 Å². The van der Waals surface area contributed by atoms with Crippen molar-refractivity contribution in [1.82, 2.24) is 0 Å². The van der Waals surface area contributed by atoms with Crippen LogP contribution in [-0.4, -0.2) is 43.5 Å². The van der Waals surface area contributed by atoms with E-state index in [0.29, 0.717) is 0 Å². The average Bonchev–Trinajstić information content (AvgIpc) is 1.86. The topological polar surface area (TPSA) is 9.23 Å². The van der Waals surface area contributed by atoms with E-state index in [2.05, 4.69) is 32.6 Å². The van der Waals surface area contributed by atoms with E-state index in [1.807, 2.05) is 0 Å². The molecule has 0 aliphatic heterocycles. The van der Waals surface area contributed by atoms with Crippen LogP contribution in [0.1, 0.15) is 20.3 Å². The third-order valence-corrected chi connectivity index (χ3v) is 8.97. The monoisotopic (exact) mass is 194 g/mol. The number of rotatable bonds is 5. The van der Waals surface area contributed by atoms with Gasteiger partial charge in [-0.05, 0) is 36.2 Å². The highest BCUT2D eigenvalue weighted by atomic mass is 32.3. The molecular weight excluding hydrogens is 168 g/mol. The lowest BCUT2D eigenvalue weighted by Gasteiger charge is -2.55. The van der Waals surface area contributed by atoms with Crippen molar-refractivity contribution in [2.24, 2.45) is 0 Å². The summed E-state index contributed by atoms with van der Waals surface area (Å²) in [6.07, 6.45) is 8.65. The van der Waals surface area contributed by atoms with Crippen molar-refractivity contribution in [2.75, 3.05) is 38.2 Å². The van der Waals surface area contributed by atoms with Crippen LogP contribution in [-0.2, 0) is 4.74 Å². The highest BCUT2D eigenvalue weighted by Gasteiger charge is 2.28. The maximum atomic E-state index is 5.08. The van der Waals surface area contributed by atoms with Gasteiger partial charge in [-0.25, -0.2) is 0 Å². The minimum Gasteiger partial charge on any atom is -0.385 e. The minimum absolute atomic E-state index is 0.841. The summed E-state index contributed by atoms with van der Waals surface area (Å²) in [5.74, 6) is 1.36. The highest BCUT2D eigenvalue weighted by molar-refractivity contribution is 8.48. The van der Waals surface area contributed by atoms with E-state index in [1.54, 1.807) is 7.11 Å². The fourth-order valence-corrected chi connectivity index (χ4v) is 2.81. The third-order valence-electron chi connectivity index (χ3n) is 3.22. The fourth-order valence-electron chi connectivity index (χ4n) is 1.03. The lowest BCUT2D eigenvalue weighted by atomic mass is 10.5. The Morgan fingerprint density at radius 3 is 2.00 bits per heavy atom. The molecule has 0 spiro atoms. The maximum Gasteiger partial charge on any atom is 0.0469 e. The van der Waals surface area contributed by atoms with Gasteiger partial charge < -0.3 is 4.74 Å². The largest absolute Gasteiger partial charge is 0.385 e. The van der Waals surface area contributed by atoms with E-state index >= 15 is 0 Å². The van der Waals surface area contributed by atoms with Crippen molar-refractivity contribution in [3.05, 3.63) is 0 Å². The number of methoxy groups -OCH3 is 1. The van der Waals surface area contributed by atoms with Gasteiger partial charge in [-0.15, -0.1) is 0 Å². The number of ether oxygens (including phenoxy) is 1. The summed E-state index contributed by atoms with van der Waals surface area (Å²) in [6, 6.07) is 0. The van der Waals surface area contributed by atoms with Gasteiger partial charge in [0.15, 0.2) is 0 Å². The number of thiol groups is 1.